The molecule has 1 aromatic carbocycles. The molecule has 3 aromatic rings. The summed E-state index contributed by atoms with van der Waals surface area (Å²) in [5, 5.41) is 0. The summed E-state index contributed by atoms with van der Waals surface area (Å²) in [4.78, 5) is 19.7. The maximum atomic E-state index is 12.3. The van der Waals surface area contributed by atoms with E-state index in [0.29, 0.717) is 12.3 Å². The number of Topliss-reactive ketones (excluding diaryl/α,β-unsaturated/α-hetero) is 1. The number of hydrogen-bond donors (Lipinski definition) is 0. The second kappa shape index (κ2) is 10.1. The third kappa shape index (κ3) is 5.65. The first-order chi connectivity index (χ1) is 15.5. The van der Waals surface area contributed by atoms with Gasteiger partial charge in [0.05, 0.1) is 17.5 Å². The largest absolute Gasteiger partial charge is 0.489 e. The van der Waals surface area contributed by atoms with Crippen LogP contribution in [-0.4, -0.2) is 40.4 Å². The number of aromatic nitrogens is 2. The Hall–Kier alpha value is -2.93. The molecule has 2 aromatic heterocycles. The minimum absolute atomic E-state index is 0.101. The van der Waals surface area contributed by atoms with Gasteiger partial charge in [0.25, 0.3) is 0 Å². The number of carbonyl (C=O) groups is 1. The van der Waals surface area contributed by atoms with Gasteiger partial charge >= 0.3 is 0 Å². The summed E-state index contributed by atoms with van der Waals surface area (Å²) < 4.78 is 16.0. The monoisotopic (exact) mass is 451 g/mol. The number of pyridine rings is 1. The van der Waals surface area contributed by atoms with Crippen LogP contribution in [-0.2, 0) is 0 Å². The van der Waals surface area contributed by atoms with Crippen molar-refractivity contribution in [3.05, 3.63) is 65.3 Å². The summed E-state index contributed by atoms with van der Waals surface area (Å²) in [6.07, 6.45) is 5.14. The second-order valence-corrected chi connectivity index (χ2v) is 9.30. The van der Waals surface area contributed by atoms with E-state index in [1.807, 2.05) is 38.1 Å². The molecule has 0 saturated carbocycles. The molecule has 0 radical (unpaired) electrons. The van der Waals surface area contributed by atoms with Gasteiger partial charge in [-0.1, -0.05) is 19.1 Å². The van der Waals surface area contributed by atoms with Crippen molar-refractivity contribution in [1.82, 2.24) is 9.36 Å². The molecule has 0 amide bonds. The smallest absolute Gasteiger partial charge is 0.215 e. The molecular weight excluding hydrogens is 422 g/mol. The highest BCUT2D eigenvalue weighted by molar-refractivity contribution is 7.08. The van der Waals surface area contributed by atoms with Crippen LogP contribution in [0.2, 0.25) is 0 Å². The van der Waals surface area contributed by atoms with E-state index in [1.165, 1.54) is 11.5 Å². The van der Waals surface area contributed by atoms with E-state index in [1.54, 1.807) is 18.5 Å². The zero-order valence-corrected chi connectivity index (χ0v) is 19.5. The van der Waals surface area contributed by atoms with Gasteiger partial charge in [-0.25, -0.2) is 9.36 Å². The maximum Gasteiger partial charge on any atom is 0.215 e. The molecule has 0 spiro atoms. The Bertz CT molecular complexity index is 1020. The Kier molecular flexibility index (Phi) is 7.05. The van der Waals surface area contributed by atoms with Crippen LogP contribution in [0.1, 0.15) is 54.8 Å². The zero-order chi connectivity index (χ0) is 22.5. The van der Waals surface area contributed by atoms with Crippen LogP contribution < -0.4 is 14.4 Å². The summed E-state index contributed by atoms with van der Waals surface area (Å²) in [7, 11) is 0. The summed E-state index contributed by atoms with van der Waals surface area (Å²) in [6.45, 7) is 7.84. The lowest BCUT2D eigenvalue weighted by Gasteiger charge is -2.20. The molecule has 2 atom stereocenters. The first-order valence-electron chi connectivity index (χ1n) is 11.1. The van der Waals surface area contributed by atoms with Gasteiger partial charge in [-0.05, 0) is 61.1 Å². The van der Waals surface area contributed by atoms with E-state index in [2.05, 4.69) is 33.3 Å². The number of hydrogen-bond acceptors (Lipinski definition) is 7. The predicted octanol–water partition coefficient (Wildman–Crippen LogP) is 5.36. The molecule has 1 unspecified atom stereocenters. The van der Waals surface area contributed by atoms with Crippen molar-refractivity contribution >= 4 is 23.0 Å². The fourth-order valence-electron chi connectivity index (χ4n) is 3.88. The van der Waals surface area contributed by atoms with Gasteiger partial charge in [0, 0.05) is 43.5 Å². The predicted molar refractivity (Wildman–Crippen MR) is 127 cm³/mol. The van der Waals surface area contributed by atoms with E-state index < -0.39 is 0 Å². The van der Waals surface area contributed by atoms with Crippen LogP contribution in [0.25, 0.3) is 0 Å². The van der Waals surface area contributed by atoms with Gasteiger partial charge in [-0.15, -0.1) is 0 Å². The van der Waals surface area contributed by atoms with Crippen molar-refractivity contribution in [2.75, 3.05) is 18.0 Å². The van der Waals surface area contributed by atoms with Gasteiger partial charge in [0.2, 0.25) is 5.88 Å². The average molecular weight is 452 g/mol. The lowest BCUT2D eigenvalue weighted by Crippen LogP contribution is -2.24. The molecule has 1 aliphatic heterocycles. The molecule has 4 rings (SSSR count). The van der Waals surface area contributed by atoms with E-state index in [4.69, 9.17) is 9.47 Å². The number of nitrogens with zero attached hydrogens (tertiary/aromatic N) is 3. The molecule has 7 heteroatoms. The summed E-state index contributed by atoms with van der Waals surface area (Å²) in [5.74, 6) is 1.81. The van der Waals surface area contributed by atoms with E-state index in [9.17, 15) is 4.79 Å². The molecular formula is C25H29N3O3S. The normalized spacial score (nSPS) is 16.9. The SMILES string of the molecule is CC(C)Oc1cc(N2CCC(Oc3ccc([C@H](C)CC(=O)c4ccns4)cc3)C2)ccn1. The number of ketones is 1. The summed E-state index contributed by atoms with van der Waals surface area (Å²) >= 11 is 1.26. The Balaban J connectivity index is 1.31. The van der Waals surface area contributed by atoms with Crippen LogP contribution in [0, 0.1) is 0 Å². The molecule has 1 saturated heterocycles. The Morgan fingerprint density at radius 2 is 1.97 bits per heavy atom. The molecule has 3 heterocycles. The second-order valence-electron chi connectivity index (χ2n) is 8.47. The van der Waals surface area contributed by atoms with Crippen molar-refractivity contribution in [2.24, 2.45) is 0 Å². The highest BCUT2D eigenvalue weighted by atomic mass is 32.1. The molecule has 168 valence electrons. The van der Waals surface area contributed by atoms with Crippen LogP contribution >= 0.6 is 11.5 Å². The fraction of sp³-hybridized carbons (Fsp3) is 0.400. The molecule has 0 aliphatic carbocycles. The van der Waals surface area contributed by atoms with Crippen molar-refractivity contribution in [3.8, 4) is 11.6 Å². The first kappa shape index (κ1) is 22.3. The Morgan fingerprint density at radius 3 is 2.69 bits per heavy atom. The van der Waals surface area contributed by atoms with Gasteiger partial charge in [-0.3, -0.25) is 4.79 Å². The lowest BCUT2D eigenvalue weighted by atomic mass is 9.95. The molecule has 0 N–H and O–H groups in total. The minimum Gasteiger partial charge on any atom is -0.489 e. The number of benzene rings is 1. The van der Waals surface area contributed by atoms with Crippen molar-refractivity contribution in [2.45, 2.75) is 51.7 Å². The van der Waals surface area contributed by atoms with Crippen LogP contribution in [0.5, 0.6) is 11.6 Å². The van der Waals surface area contributed by atoms with E-state index in [-0.39, 0.29) is 23.9 Å². The number of ether oxygens (including phenoxy) is 2. The fourth-order valence-corrected chi connectivity index (χ4v) is 4.43. The standard InChI is InChI=1S/C25H29N3O3S/c1-17(2)30-25-15-20(8-11-26-25)28-13-10-22(16-28)31-21-6-4-19(5-7-21)18(3)14-23(29)24-9-12-27-32-24/h4-9,11-12,15,17-18,22H,10,13-14,16H2,1-3H3/t18-,22?/m1/s1. The average Bonchev–Trinajstić information content (AvgIpc) is 3.46. The third-order valence-corrected chi connectivity index (χ3v) is 6.33. The highest BCUT2D eigenvalue weighted by Crippen LogP contribution is 2.28. The molecule has 6 nitrogen and oxygen atoms in total. The molecule has 1 aliphatic rings. The van der Waals surface area contributed by atoms with Crippen molar-refractivity contribution in [3.63, 3.8) is 0 Å². The van der Waals surface area contributed by atoms with Crippen LogP contribution in [0.3, 0.4) is 0 Å². The minimum atomic E-state index is 0.101. The zero-order valence-electron chi connectivity index (χ0n) is 18.7. The number of carbonyl (C=O) groups excluding carboxylic acids is 1. The highest BCUT2D eigenvalue weighted by Gasteiger charge is 2.25. The van der Waals surface area contributed by atoms with E-state index >= 15 is 0 Å². The van der Waals surface area contributed by atoms with Crippen LogP contribution in [0.4, 0.5) is 5.69 Å². The van der Waals surface area contributed by atoms with Crippen LogP contribution in [0.15, 0.2) is 54.9 Å². The molecule has 1 fully saturated rings. The molecule has 32 heavy (non-hydrogen) atoms. The van der Waals surface area contributed by atoms with Crippen molar-refractivity contribution < 1.29 is 14.3 Å². The quantitative estimate of drug-likeness (QED) is 0.408. The summed E-state index contributed by atoms with van der Waals surface area (Å²) in [6, 6.07) is 13.9. The Morgan fingerprint density at radius 1 is 1.16 bits per heavy atom. The number of anilines is 1. The topological polar surface area (TPSA) is 64.6 Å². The van der Waals surface area contributed by atoms with Crippen molar-refractivity contribution in [1.29, 1.82) is 0 Å². The maximum absolute atomic E-state index is 12.3. The molecule has 0 bridgehead atoms. The summed E-state index contributed by atoms with van der Waals surface area (Å²) in [5.41, 5.74) is 2.24. The lowest BCUT2D eigenvalue weighted by molar-refractivity contribution is 0.0979. The van der Waals surface area contributed by atoms with Gasteiger partial charge < -0.3 is 14.4 Å². The number of rotatable bonds is 9. The first-order valence-corrected chi connectivity index (χ1v) is 11.8. The van der Waals surface area contributed by atoms with Gasteiger partial charge in [-0.2, -0.15) is 0 Å². The third-order valence-electron chi connectivity index (χ3n) is 5.54. The van der Waals surface area contributed by atoms with E-state index in [0.717, 1.165) is 41.4 Å². The van der Waals surface area contributed by atoms with Gasteiger partial charge in [0.15, 0.2) is 5.78 Å². The Labute approximate surface area is 193 Å². The van der Waals surface area contributed by atoms with Gasteiger partial charge in [0.1, 0.15) is 11.9 Å².